The van der Waals surface area contributed by atoms with Crippen molar-refractivity contribution in [2.45, 2.75) is 31.7 Å². The molecule has 1 fully saturated rings. The molecule has 1 aliphatic heterocycles. The monoisotopic (exact) mass is 333 g/mol. The number of hydrogen-bond acceptors (Lipinski definition) is 2. The lowest BCUT2D eigenvalue weighted by Crippen LogP contribution is -2.31. The molecule has 0 atom stereocenters. The first-order valence-electron chi connectivity index (χ1n) is 6.78. The topological polar surface area (TPSA) is 12.0 Å². The van der Waals surface area contributed by atoms with Gasteiger partial charge in [0, 0.05) is 32.7 Å². The van der Waals surface area contributed by atoms with Gasteiger partial charge in [-0.3, -0.25) is 0 Å². The van der Waals surface area contributed by atoms with Crippen LogP contribution in [0.5, 0.6) is 0 Å². The van der Waals surface area contributed by atoms with Crippen LogP contribution in [0.25, 0.3) is 10.4 Å². The van der Waals surface area contributed by atoms with Gasteiger partial charge in [-0.2, -0.15) is 0 Å². The summed E-state index contributed by atoms with van der Waals surface area (Å²) in [5, 5.41) is 3.58. The molecule has 1 aromatic heterocycles. The second-order valence-electron chi connectivity index (χ2n) is 5.81. The molecular weight excluding hydrogens is 318 g/mol. The Bertz CT molecular complexity index is 655. The van der Waals surface area contributed by atoms with Crippen molar-refractivity contribution in [1.82, 2.24) is 5.32 Å². The highest BCUT2D eigenvalue weighted by molar-refractivity contribution is 9.10. The van der Waals surface area contributed by atoms with Crippen LogP contribution in [0.4, 0.5) is 0 Å². The molecule has 3 heteroatoms. The third-order valence-electron chi connectivity index (χ3n) is 4.38. The summed E-state index contributed by atoms with van der Waals surface area (Å²) in [6.45, 7) is 4.42. The van der Waals surface area contributed by atoms with E-state index in [0.717, 1.165) is 11.0 Å². The van der Waals surface area contributed by atoms with Crippen LogP contribution in [-0.2, 0) is 12.0 Å². The molecular formula is C16H16BrNS. The van der Waals surface area contributed by atoms with Crippen molar-refractivity contribution < 1.29 is 0 Å². The minimum absolute atomic E-state index is 0.500. The molecule has 1 aromatic carbocycles. The van der Waals surface area contributed by atoms with Crippen LogP contribution in [0.3, 0.4) is 0 Å². The van der Waals surface area contributed by atoms with Crippen LogP contribution in [0.1, 0.15) is 28.8 Å². The molecule has 2 heterocycles. The number of halogens is 1. The Kier molecular flexibility index (Phi) is 2.66. The van der Waals surface area contributed by atoms with Crippen LogP contribution in [-0.4, -0.2) is 6.54 Å². The Labute approximate surface area is 126 Å². The van der Waals surface area contributed by atoms with Gasteiger partial charge in [0.25, 0.3) is 0 Å². The maximum absolute atomic E-state index is 3.58. The number of hydrogen-bond donors (Lipinski definition) is 1. The fraction of sp³-hybridized carbons (Fsp3) is 0.375. The zero-order valence-corrected chi connectivity index (χ0v) is 13.3. The van der Waals surface area contributed by atoms with Gasteiger partial charge < -0.3 is 5.32 Å². The summed E-state index contributed by atoms with van der Waals surface area (Å²) < 4.78 is 1.16. The summed E-state index contributed by atoms with van der Waals surface area (Å²) in [4.78, 5) is 3.09. The number of thiophene rings is 1. The molecule has 0 bridgehead atoms. The average molecular weight is 334 g/mol. The highest BCUT2D eigenvalue weighted by atomic mass is 79.9. The molecule has 0 radical (unpaired) electrons. The van der Waals surface area contributed by atoms with Crippen LogP contribution in [0.15, 0.2) is 28.7 Å². The Hall–Kier alpha value is -0.640. The van der Waals surface area contributed by atoms with Gasteiger partial charge >= 0.3 is 0 Å². The highest BCUT2D eigenvalue weighted by Gasteiger charge is 2.48. The zero-order valence-electron chi connectivity index (χ0n) is 10.9. The summed E-state index contributed by atoms with van der Waals surface area (Å²) in [6.07, 6.45) is 2.73. The fourth-order valence-corrected chi connectivity index (χ4v) is 5.11. The molecule has 1 saturated carbocycles. The number of fused-ring (bicyclic) bond motifs is 2. The Morgan fingerprint density at radius 1 is 1.26 bits per heavy atom. The highest BCUT2D eigenvalue weighted by Crippen LogP contribution is 2.54. The molecule has 1 nitrogen and oxygen atoms in total. The second kappa shape index (κ2) is 4.18. The summed E-state index contributed by atoms with van der Waals surface area (Å²) in [6, 6.07) is 9.00. The molecule has 2 aliphatic rings. The lowest BCUT2D eigenvalue weighted by molar-refractivity contribution is 0.541. The Morgan fingerprint density at radius 2 is 2.11 bits per heavy atom. The van der Waals surface area contributed by atoms with E-state index in [-0.39, 0.29) is 0 Å². The molecule has 0 unspecified atom stereocenters. The van der Waals surface area contributed by atoms with E-state index < -0.39 is 0 Å². The first-order valence-corrected chi connectivity index (χ1v) is 8.39. The lowest BCUT2D eigenvalue weighted by Gasteiger charge is -2.22. The molecule has 0 saturated heterocycles. The largest absolute Gasteiger partial charge is 0.312 e. The first-order chi connectivity index (χ1) is 9.18. The zero-order chi connectivity index (χ0) is 13.0. The van der Waals surface area contributed by atoms with Crippen molar-refractivity contribution in [3.05, 3.63) is 44.7 Å². The molecule has 0 amide bonds. The van der Waals surface area contributed by atoms with E-state index in [1.54, 1.807) is 4.88 Å². The van der Waals surface area contributed by atoms with Gasteiger partial charge in [0.2, 0.25) is 0 Å². The van der Waals surface area contributed by atoms with Crippen molar-refractivity contribution in [3.8, 4) is 10.4 Å². The third kappa shape index (κ3) is 1.91. The van der Waals surface area contributed by atoms with E-state index in [1.807, 2.05) is 11.3 Å². The molecule has 4 rings (SSSR count). The molecule has 1 N–H and O–H groups in total. The van der Waals surface area contributed by atoms with Crippen molar-refractivity contribution in [2.24, 2.45) is 0 Å². The maximum Gasteiger partial charge on any atom is 0.0351 e. The van der Waals surface area contributed by atoms with E-state index in [1.165, 1.54) is 41.0 Å². The molecule has 98 valence electrons. The lowest BCUT2D eigenvalue weighted by atomic mass is 9.96. The first kappa shape index (κ1) is 12.1. The van der Waals surface area contributed by atoms with Crippen molar-refractivity contribution in [3.63, 3.8) is 0 Å². The molecule has 2 aromatic rings. The summed E-state index contributed by atoms with van der Waals surface area (Å²) in [7, 11) is 0. The molecule has 1 spiro atoms. The normalized spacial score (nSPS) is 19.5. The van der Waals surface area contributed by atoms with Crippen LogP contribution < -0.4 is 5.32 Å². The van der Waals surface area contributed by atoms with Gasteiger partial charge in [-0.1, -0.05) is 22.0 Å². The van der Waals surface area contributed by atoms with E-state index in [9.17, 15) is 0 Å². The van der Waals surface area contributed by atoms with Crippen LogP contribution in [0.2, 0.25) is 0 Å². The quantitative estimate of drug-likeness (QED) is 0.802. The minimum Gasteiger partial charge on any atom is -0.312 e. The standard InChI is InChI=1S/C16H16BrNS/c1-10-6-12(17)2-3-13(10)14-7-11-8-18-9-16(4-5-16)15(11)19-14/h2-3,6-7,18H,4-5,8-9H2,1H3. The number of nitrogens with one attached hydrogen (secondary N) is 1. The van der Waals surface area contributed by atoms with Gasteiger partial charge in [-0.15, -0.1) is 11.3 Å². The predicted octanol–water partition coefficient (Wildman–Crippen LogP) is 4.62. The van der Waals surface area contributed by atoms with E-state index in [4.69, 9.17) is 0 Å². The third-order valence-corrected chi connectivity index (χ3v) is 6.33. The van der Waals surface area contributed by atoms with Gasteiger partial charge in [0.15, 0.2) is 0 Å². The van der Waals surface area contributed by atoms with Crippen LogP contribution in [0, 0.1) is 6.92 Å². The van der Waals surface area contributed by atoms with Crippen molar-refractivity contribution in [1.29, 1.82) is 0 Å². The predicted molar refractivity (Wildman–Crippen MR) is 84.8 cm³/mol. The Balaban J connectivity index is 1.83. The smallest absolute Gasteiger partial charge is 0.0351 e. The fourth-order valence-electron chi connectivity index (χ4n) is 3.12. The van der Waals surface area contributed by atoms with Gasteiger partial charge in [-0.25, -0.2) is 0 Å². The van der Waals surface area contributed by atoms with Gasteiger partial charge in [0.1, 0.15) is 0 Å². The summed E-state index contributed by atoms with van der Waals surface area (Å²) in [5.41, 5.74) is 4.77. The maximum atomic E-state index is 3.58. The Morgan fingerprint density at radius 3 is 2.84 bits per heavy atom. The second-order valence-corrected chi connectivity index (χ2v) is 7.78. The van der Waals surface area contributed by atoms with Crippen LogP contribution >= 0.6 is 27.3 Å². The van der Waals surface area contributed by atoms with E-state index >= 15 is 0 Å². The van der Waals surface area contributed by atoms with Gasteiger partial charge in [-0.05, 0) is 54.7 Å². The van der Waals surface area contributed by atoms with E-state index in [0.29, 0.717) is 5.41 Å². The van der Waals surface area contributed by atoms with E-state index in [2.05, 4.69) is 52.4 Å². The van der Waals surface area contributed by atoms with Gasteiger partial charge in [0.05, 0.1) is 0 Å². The summed E-state index contributed by atoms with van der Waals surface area (Å²) in [5.74, 6) is 0. The number of rotatable bonds is 1. The molecule has 1 aliphatic carbocycles. The molecule has 19 heavy (non-hydrogen) atoms. The van der Waals surface area contributed by atoms with Crippen molar-refractivity contribution >= 4 is 27.3 Å². The summed E-state index contributed by atoms with van der Waals surface area (Å²) >= 11 is 5.57. The number of benzene rings is 1. The van der Waals surface area contributed by atoms with Crippen molar-refractivity contribution in [2.75, 3.05) is 6.54 Å². The SMILES string of the molecule is Cc1cc(Br)ccc1-c1cc2c(s1)C1(CC1)CNC2. The average Bonchev–Trinajstić information content (AvgIpc) is 2.99. The minimum atomic E-state index is 0.500. The number of aryl methyl sites for hydroxylation is 1.